The quantitative estimate of drug-likeness (QED) is 0.382. The molecule has 0 saturated carbocycles. The smallest absolute Gasteiger partial charge is 0.162 e. The van der Waals surface area contributed by atoms with Crippen LogP contribution in [0.4, 0.5) is 0 Å². The van der Waals surface area contributed by atoms with Gasteiger partial charge in [0.2, 0.25) is 0 Å². The van der Waals surface area contributed by atoms with Gasteiger partial charge in [0.1, 0.15) is 0 Å². The van der Waals surface area contributed by atoms with E-state index in [1.165, 1.54) is 0 Å². The van der Waals surface area contributed by atoms with Crippen LogP contribution >= 0.6 is 11.6 Å². The molecule has 0 unspecified atom stereocenters. The number of benzene rings is 1. The molecule has 1 rings (SSSR count). The molecule has 1 aromatic rings. The molecule has 16 heavy (non-hydrogen) atoms. The van der Waals surface area contributed by atoms with E-state index in [4.69, 9.17) is 11.6 Å². The molecule has 0 N–H and O–H groups in total. The third kappa shape index (κ3) is 4.63. The number of Topliss-reactive ketones (excluding diaryl/α,β-unsaturated/α-hetero) is 1. The van der Waals surface area contributed by atoms with Crippen LogP contribution < -0.4 is 0 Å². The lowest BCUT2D eigenvalue weighted by molar-refractivity contribution is 0.0979. The lowest BCUT2D eigenvalue weighted by Gasteiger charge is -2.01. The molecule has 0 aliphatic heterocycles. The summed E-state index contributed by atoms with van der Waals surface area (Å²) in [4.78, 5) is 11.7. The lowest BCUT2D eigenvalue weighted by Crippen LogP contribution is -1.98. The molecule has 0 saturated heterocycles. The number of unbranched alkanes of at least 4 members (excludes halogenated alkanes) is 3. The zero-order chi connectivity index (χ0) is 11.8. The van der Waals surface area contributed by atoms with Crippen molar-refractivity contribution in [2.45, 2.75) is 32.1 Å². The second-order valence-electron chi connectivity index (χ2n) is 3.82. The Morgan fingerprint density at radius 3 is 2.50 bits per heavy atom. The SMILES string of the molecule is C=CCCCCCC(=O)c1ccc(Cl)cc1. The predicted molar refractivity (Wildman–Crippen MR) is 69.1 cm³/mol. The van der Waals surface area contributed by atoms with E-state index in [0.717, 1.165) is 31.2 Å². The molecule has 0 aromatic heterocycles. The van der Waals surface area contributed by atoms with Crippen LogP contribution in [0.1, 0.15) is 42.5 Å². The minimum absolute atomic E-state index is 0.204. The van der Waals surface area contributed by atoms with E-state index >= 15 is 0 Å². The molecule has 0 amide bonds. The monoisotopic (exact) mass is 236 g/mol. The van der Waals surface area contributed by atoms with Gasteiger partial charge in [0.15, 0.2) is 5.78 Å². The minimum atomic E-state index is 0.204. The summed E-state index contributed by atoms with van der Waals surface area (Å²) in [5, 5.41) is 0.669. The average molecular weight is 237 g/mol. The molecule has 1 aromatic carbocycles. The zero-order valence-corrected chi connectivity index (χ0v) is 10.2. The summed E-state index contributed by atoms with van der Waals surface area (Å²) in [5.74, 6) is 0.204. The number of carbonyl (C=O) groups is 1. The van der Waals surface area contributed by atoms with Gasteiger partial charge in [-0.3, -0.25) is 4.79 Å². The van der Waals surface area contributed by atoms with E-state index in [0.29, 0.717) is 11.4 Å². The van der Waals surface area contributed by atoms with Crippen LogP contribution in [0.25, 0.3) is 0 Å². The van der Waals surface area contributed by atoms with Gasteiger partial charge >= 0.3 is 0 Å². The molecule has 0 spiro atoms. The number of halogens is 1. The summed E-state index contributed by atoms with van der Waals surface area (Å²) in [6.45, 7) is 3.67. The fourth-order valence-electron chi connectivity index (χ4n) is 1.53. The van der Waals surface area contributed by atoms with Crippen LogP contribution in [0.3, 0.4) is 0 Å². The van der Waals surface area contributed by atoms with E-state index in [-0.39, 0.29) is 5.78 Å². The highest BCUT2D eigenvalue weighted by atomic mass is 35.5. The van der Waals surface area contributed by atoms with Gasteiger partial charge in [0, 0.05) is 17.0 Å². The van der Waals surface area contributed by atoms with Gasteiger partial charge < -0.3 is 0 Å². The Hall–Kier alpha value is -1.08. The van der Waals surface area contributed by atoms with E-state index in [9.17, 15) is 4.79 Å². The summed E-state index contributed by atoms with van der Waals surface area (Å²) in [6, 6.07) is 7.09. The van der Waals surface area contributed by atoms with Crippen LogP contribution in [-0.4, -0.2) is 5.78 Å². The van der Waals surface area contributed by atoms with Gasteiger partial charge in [-0.25, -0.2) is 0 Å². The van der Waals surface area contributed by atoms with E-state index < -0.39 is 0 Å². The number of allylic oxidation sites excluding steroid dienone is 1. The van der Waals surface area contributed by atoms with Crippen LogP contribution in [0.15, 0.2) is 36.9 Å². The molecule has 2 heteroatoms. The molecule has 0 radical (unpaired) electrons. The average Bonchev–Trinajstić information content (AvgIpc) is 2.29. The summed E-state index contributed by atoms with van der Waals surface area (Å²) in [6.07, 6.45) is 6.74. The van der Waals surface area contributed by atoms with E-state index in [2.05, 4.69) is 6.58 Å². The maximum absolute atomic E-state index is 11.7. The van der Waals surface area contributed by atoms with Crippen LogP contribution in [-0.2, 0) is 0 Å². The number of rotatable bonds is 7. The highest BCUT2D eigenvalue weighted by Gasteiger charge is 2.04. The first-order valence-electron chi connectivity index (χ1n) is 5.63. The predicted octanol–water partition coefficient (Wildman–Crippen LogP) is 4.66. The lowest BCUT2D eigenvalue weighted by atomic mass is 10.0. The molecule has 0 aliphatic rings. The number of ketones is 1. The molecule has 0 fully saturated rings. The Labute approximate surface area is 102 Å². The summed E-state index contributed by atoms with van der Waals surface area (Å²) in [7, 11) is 0. The Bertz CT molecular complexity index is 340. The third-order valence-electron chi connectivity index (χ3n) is 2.48. The third-order valence-corrected chi connectivity index (χ3v) is 2.73. The van der Waals surface area contributed by atoms with Crippen molar-refractivity contribution in [3.8, 4) is 0 Å². The largest absolute Gasteiger partial charge is 0.294 e. The molecule has 1 nitrogen and oxygen atoms in total. The van der Waals surface area contributed by atoms with Gasteiger partial charge in [-0.15, -0.1) is 6.58 Å². The van der Waals surface area contributed by atoms with E-state index in [1.54, 1.807) is 24.3 Å². The van der Waals surface area contributed by atoms with Crippen molar-refractivity contribution in [3.05, 3.63) is 47.5 Å². The van der Waals surface area contributed by atoms with Crippen molar-refractivity contribution in [2.75, 3.05) is 0 Å². The maximum atomic E-state index is 11.7. The van der Waals surface area contributed by atoms with Gasteiger partial charge in [0.25, 0.3) is 0 Å². The standard InChI is InChI=1S/C14H17ClO/c1-2-3-4-5-6-7-14(16)12-8-10-13(15)11-9-12/h2,8-11H,1,3-7H2. The molecule has 86 valence electrons. The Balaban J connectivity index is 2.29. The minimum Gasteiger partial charge on any atom is -0.294 e. The topological polar surface area (TPSA) is 17.1 Å². The van der Waals surface area contributed by atoms with Crippen LogP contribution in [0, 0.1) is 0 Å². The summed E-state index contributed by atoms with van der Waals surface area (Å²) >= 11 is 5.76. The van der Waals surface area contributed by atoms with Crippen molar-refractivity contribution in [3.63, 3.8) is 0 Å². The first kappa shape index (κ1) is 13.0. The molecule has 0 heterocycles. The van der Waals surface area contributed by atoms with Gasteiger partial charge in [-0.1, -0.05) is 24.1 Å². The van der Waals surface area contributed by atoms with Gasteiger partial charge in [-0.05, 0) is 43.5 Å². The van der Waals surface area contributed by atoms with E-state index in [1.807, 2.05) is 6.08 Å². The molecule has 0 bridgehead atoms. The second kappa shape index (κ2) is 7.24. The number of carbonyl (C=O) groups excluding carboxylic acids is 1. The molecule has 0 aliphatic carbocycles. The highest BCUT2D eigenvalue weighted by molar-refractivity contribution is 6.30. The summed E-state index contributed by atoms with van der Waals surface area (Å²) < 4.78 is 0. The van der Waals surface area contributed by atoms with Crippen molar-refractivity contribution in [1.82, 2.24) is 0 Å². The van der Waals surface area contributed by atoms with Gasteiger partial charge in [0.05, 0.1) is 0 Å². The number of hydrogen-bond acceptors (Lipinski definition) is 1. The summed E-state index contributed by atoms with van der Waals surface area (Å²) in [5.41, 5.74) is 0.758. The molecular formula is C14H17ClO. The zero-order valence-electron chi connectivity index (χ0n) is 9.42. The Morgan fingerprint density at radius 2 is 1.88 bits per heavy atom. The molecule has 0 atom stereocenters. The maximum Gasteiger partial charge on any atom is 0.162 e. The van der Waals surface area contributed by atoms with Crippen molar-refractivity contribution in [2.24, 2.45) is 0 Å². The first-order chi connectivity index (χ1) is 7.74. The van der Waals surface area contributed by atoms with Crippen LogP contribution in [0.5, 0.6) is 0 Å². The highest BCUT2D eigenvalue weighted by Crippen LogP contribution is 2.13. The Kier molecular flexibility index (Phi) is 5.87. The normalized spacial score (nSPS) is 10.1. The van der Waals surface area contributed by atoms with Crippen molar-refractivity contribution < 1.29 is 4.79 Å². The fraction of sp³-hybridized carbons (Fsp3) is 0.357. The fourth-order valence-corrected chi connectivity index (χ4v) is 1.66. The Morgan fingerprint density at radius 1 is 1.19 bits per heavy atom. The van der Waals surface area contributed by atoms with Gasteiger partial charge in [-0.2, -0.15) is 0 Å². The number of hydrogen-bond donors (Lipinski definition) is 0. The first-order valence-corrected chi connectivity index (χ1v) is 6.01. The second-order valence-corrected chi connectivity index (χ2v) is 4.25. The molecular weight excluding hydrogens is 220 g/mol. The van der Waals surface area contributed by atoms with Crippen molar-refractivity contribution in [1.29, 1.82) is 0 Å². The van der Waals surface area contributed by atoms with Crippen molar-refractivity contribution >= 4 is 17.4 Å². The van der Waals surface area contributed by atoms with Crippen LogP contribution in [0.2, 0.25) is 5.02 Å².